The minimum absolute atomic E-state index is 0.126. The van der Waals surface area contributed by atoms with Crippen molar-refractivity contribution in [1.82, 2.24) is 20.4 Å². The molecule has 0 spiro atoms. The van der Waals surface area contributed by atoms with Crippen LogP contribution in [0, 0.1) is 5.92 Å². The normalized spacial score (nSPS) is 27.8. The van der Waals surface area contributed by atoms with Gasteiger partial charge >= 0.3 is 0 Å². The molecule has 0 aliphatic carbocycles. The summed E-state index contributed by atoms with van der Waals surface area (Å²) >= 11 is 0. The lowest BCUT2D eigenvalue weighted by molar-refractivity contribution is -0.136. The highest BCUT2D eigenvalue weighted by molar-refractivity contribution is 6.23. The maximum absolute atomic E-state index is 13.0. The van der Waals surface area contributed by atoms with Gasteiger partial charge in [0.2, 0.25) is 11.8 Å². The first-order valence-corrected chi connectivity index (χ1v) is 10.8. The summed E-state index contributed by atoms with van der Waals surface area (Å²) in [6.07, 6.45) is 3.95. The van der Waals surface area contributed by atoms with Crippen LogP contribution in [0.2, 0.25) is 0 Å². The standard InChI is InChI=1S/C22H26N4O4/c27-19-7-6-18(20(28)24-19)26-21(29)15-5-4-13(9-16(15)22(26)30)12-25-8-2-1-3-17(25)14-10-23-11-14/h4-5,9,14,17-18,23H,1-3,6-8,10-12H2,(H,24,27,28). The largest absolute Gasteiger partial charge is 0.316 e. The Morgan fingerprint density at radius 1 is 0.967 bits per heavy atom. The van der Waals surface area contributed by atoms with Gasteiger partial charge < -0.3 is 5.32 Å². The van der Waals surface area contributed by atoms with E-state index in [4.69, 9.17) is 0 Å². The molecule has 4 aliphatic heterocycles. The van der Waals surface area contributed by atoms with Crippen molar-refractivity contribution >= 4 is 23.6 Å². The Morgan fingerprint density at radius 2 is 1.77 bits per heavy atom. The molecule has 1 aromatic rings. The highest BCUT2D eigenvalue weighted by Crippen LogP contribution is 2.31. The molecule has 8 nitrogen and oxygen atoms in total. The maximum atomic E-state index is 13.0. The third kappa shape index (κ3) is 3.24. The second kappa shape index (κ2) is 7.59. The van der Waals surface area contributed by atoms with E-state index in [9.17, 15) is 19.2 Å². The molecule has 4 amide bonds. The van der Waals surface area contributed by atoms with Crippen molar-refractivity contribution in [2.75, 3.05) is 19.6 Å². The Balaban J connectivity index is 1.35. The Hall–Kier alpha value is -2.58. The van der Waals surface area contributed by atoms with Crippen molar-refractivity contribution in [2.24, 2.45) is 5.92 Å². The topological polar surface area (TPSA) is 98.8 Å². The molecule has 5 rings (SSSR count). The number of nitrogens with zero attached hydrogens (tertiary/aromatic N) is 2. The first-order valence-electron chi connectivity index (χ1n) is 10.8. The average Bonchev–Trinajstić information content (AvgIpc) is 2.93. The van der Waals surface area contributed by atoms with E-state index in [1.807, 2.05) is 12.1 Å². The number of amides is 4. The molecule has 4 heterocycles. The van der Waals surface area contributed by atoms with Crippen LogP contribution in [-0.4, -0.2) is 65.1 Å². The number of imide groups is 2. The van der Waals surface area contributed by atoms with Crippen LogP contribution < -0.4 is 10.6 Å². The molecule has 2 N–H and O–H groups in total. The predicted molar refractivity (Wildman–Crippen MR) is 108 cm³/mol. The lowest BCUT2D eigenvalue weighted by atomic mass is 9.86. The van der Waals surface area contributed by atoms with E-state index in [1.54, 1.807) is 6.07 Å². The number of hydrogen-bond acceptors (Lipinski definition) is 6. The predicted octanol–water partition coefficient (Wildman–Crippen LogP) is 0.662. The molecule has 158 valence electrons. The summed E-state index contributed by atoms with van der Waals surface area (Å²) in [7, 11) is 0. The van der Waals surface area contributed by atoms with Crippen molar-refractivity contribution < 1.29 is 19.2 Å². The Morgan fingerprint density at radius 3 is 2.50 bits per heavy atom. The summed E-state index contributed by atoms with van der Waals surface area (Å²) in [5.41, 5.74) is 1.71. The fraction of sp³-hybridized carbons (Fsp3) is 0.545. The molecule has 2 unspecified atom stereocenters. The highest BCUT2D eigenvalue weighted by Gasteiger charge is 2.44. The van der Waals surface area contributed by atoms with E-state index in [0.717, 1.165) is 36.6 Å². The van der Waals surface area contributed by atoms with E-state index >= 15 is 0 Å². The zero-order valence-corrected chi connectivity index (χ0v) is 16.9. The molecular weight excluding hydrogens is 384 g/mol. The van der Waals surface area contributed by atoms with Crippen LogP contribution in [0.4, 0.5) is 0 Å². The third-order valence-electron chi connectivity index (χ3n) is 6.91. The van der Waals surface area contributed by atoms with E-state index in [2.05, 4.69) is 15.5 Å². The Labute approximate surface area is 175 Å². The van der Waals surface area contributed by atoms with Crippen LogP contribution in [0.25, 0.3) is 0 Å². The van der Waals surface area contributed by atoms with Gasteiger partial charge in [0.15, 0.2) is 0 Å². The molecule has 0 bridgehead atoms. The number of fused-ring (bicyclic) bond motifs is 1. The van der Waals surface area contributed by atoms with Crippen LogP contribution in [-0.2, 0) is 16.1 Å². The zero-order chi connectivity index (χ0) is 20.8. The van der Waals surface area contributed by atoms with Gasteiger partial charge in [0.25, 0.3) is 11.8 Å². The van der Waals surface area contributed by atoms with Gasteiger partial charge in [-0.15, -0.1) is 0 Å². The van der Waals surface area contributed by atoms with E-state index < -0.39 is 23.8 Å². The van der Waals surface area contributed by atoms with Crippen LogP contribution >= 0.6 is 0 Å². The summed E-state index contributed by atoms with van der Waals surface area (Å²) in [5, 5.41) is 5.59. The third-order valence-corrected chi connectivity index (χ3v) is 6.91. The van der Waals surface area contributed by atoms with Gasteiger partial charge in [-0.2, -0.15) is 0 Å². The van der Waals surface area contributed by atoms with Crippen molar-refractivity contribution in [3.05, 3.63) is 34.9 Å². The van der Waals surface area contributed by atoms with E-state index in [0.29, 0.717) is 23.1 Å². The monoisotopic (exact) mass is 410 g/mol. The number of benzene rings is 1. The maximum Gasteiger partial charge on any atom is 0.262 e. The number of carbonyl (C=O) groups is 4. The molecule has 1 aromatic carbocycles. The van der Waals surface area contributed by atoms with Gasteiger partial charge in [-0.05, 0) is 49.4 Å². The number of carbonyl (C=O) groups excluding carboxylic acids is 4. The molecule has 3 fully saturated rings. The number of likely N-dealkylation sites (tertiary alicyclic amines) is 1. The van der Waals surface area contributed by atoms with E-state index in [-0.39, 0.29) is 18.7 Å². The second-order valence-corrected chi connectivity index (χ2v) is 8.78. The first-order chi connectivity index (χ1) is 14.5. The summed E-state index contributed by atoms with van der Waals surface area (Å²) in [6.45, 7) is 3.94. The summed E-state index contributed by atoms with van der Waals surface area (Å²) < 4.78 is 0. The minimum Gasteiger partial charge on any atom is -0.316 e. The molecule has 3 saturated heterocycles. The van der Waals surface area contributed by atoms with Crippen LogP contribution in [0.3, 0.4) is 0 Å². The van der Waals surface area contributed by atoms with Gasteiger partial charge in [-0.3, -0.25) is 34.3 Å². The minimum atomic E-state index is -0.920. The average molecular weight is 410 g/mol. The van der Waals surface area contributed by atoms with E-state index in [1.165, 1.54) is 19.3 Å². The molecule has 0 saturated carbocycles. The second-order valence-electron chi connectivity index (χ2n) is 8.78. The Kier molecular flexibility index (Phi) is 4.91. The first kappa shape index (κ1) is 19.4. The Bertz CT molecular complexity index is 926. The highest BCUT2D eigenvalue weighted by atomic mass is 16.2. The SMILES string of the molecule is O=C1CCC(N2C(=O)c3ccc(CN4CCCCC4C4CNC4)cc3C2=O)C(=O)N1. The van der Waals surface area contributed by atoms with Gasteiger partial charge in [0, 0.05) is 32.1 Å². The van der Waals surface area contributed by atoms with Crippen LogP contribution in [0.15, 0.2) is 18.2 Å². The van der Waals surface area contributed by atoms with Crippen molar-refractivity contribution in [1.29, 1.82) is 0 Å². The van der Waals surface area contributed by atoms with Crippen molar-refractivity contribution in [3.8, 4) is 0 Å². The number of piperidine rings is 2. The summed E-state index contributed by atoms with van der Waals surface area (Å²) in [6, 6.07) is 5.08. The molecule has 30 heavy (non-hydrogen) atoms. The molecule has 8 heteroatoms. The smallest absolute Gasteiger partial charge is 0.262 e. The van der Waals surface area contributed by atoms with Gasteiger partial charge in [0.1, 0.15) is 6.04 Å². The summed E-state index contributed by atoms with van der Waals surface area (Å²) in [4.78, 5) is 53.0. The van der Waals surface area contributed by atoms with Gasteiger partial charge in [-0.1, -0.05) is 12.5 Å². The lowest BCUT2D eigenvalue weighted by Crippen LogP contribution is -2.55. The van der Waals surface area contributed by atoms with Crippen LogP contribution in [0.5, 0.6) is 0 Å². The number of nitrogens with one attached hydrogen (secondary N) is 2. The fourth-order valence-electron chi connectivity index (χ4n) is 5.18. The van der Waals surface area contributed by atoms with Crippen LogP contribution in [0.1, 0.15) is 58.4 Å². The molecule has 4 aliphatic rings. The number of rotatable bonds is 4. The number of hydrogen-bond donors (Lipinski definition) is 2. The van der Waals surface area contributed by atoms with Crippen molar-refractivity contribution in [2.45, 2.75) is 50.7 Å². The molecule has 2 atom stereocenters. The lowest BCUT2D eigenvalue weighted by Gasteiger charge is -2.44. The zero-order valence-electron chi connectivity index (χ0n) is 16.9. The fourth-order valence-corrected chi connectivity index (χ4v) is 5.18. The quantitative estimate of drug-likeness (QED) is 0.708. The molecular formula is C22H26N4O4. The molecule has 0 aromatic heterocycles. The molecule has 0 radical (unpaired) electrons. The van der Waals surface area contributed by atoms with Gasteiger partial charge in [0.05, 0.1) is 11.1 Å². The van der Waals surface area contributed by atoms with Gasteiger partial charge in [-0.25, -0.2) is 0 Å². The summed E-state index contributed by atoms with van der Waals surface area (Å²) in [5.74, 6) is -1.15. The van der Waals surface area contributed by atoms with Crippen molar-refractivity contribution in [3.63, 3.8) is 0 Å².